The number of benzene rings is 6. The van der Waals surface area contributed by atoms with Crippen LogP contribution in [0.15, 0.2) is 215 Å². The minimum Gasteiger partial charge on any atom is -0.490 e. The van der Waals surface area contributed by atoms with E-state index in [0.29, 0.717) is 84.1 Å². The first kappa shape index (κ1) is 74.8. The number of aromatic nitrogens is 12. The van der Waals surface area contributed by atoms with Crippen LogP contribution in [0.1, 0.15) is 48.8 Å². The minimum absolute atomic E-state index is 0.170. The summed E-state index contributed by atoms with van der Waals surface area (Å²) in [6.07, 6.45) is 15.7. The lowest BCUT2D eigenvalue weighted by atomic mass is 9.98. The molecule has 2 aliphatic heterocycles. The Kier molecular flexibility index (Phi) is 25.3. The molecular weight excluding hydrogens is 1380 g/mol. The van der Waals surface area contributed by atoms with Crippen LogP contribution in [0.5, 0.6) is 17.2 Å². The fourth-order valence-corrected chi connectivity index (χ4v) is 12.0. The van der Waals surface area contributed by atoms with Crippen LogP contribution < -0.4 is 36.2 Å². The van der Waals surface area contributed by atoms with E-state index >= 15 is 0 Å². The van der Waals surface area contributed by atoms with Gasteiger partial charge in [-0.2, -0.15) is 15.3 Å². The zero-order valence-corrected chi connectivity index (χ0v) is 58.6. The summed E-state index contributed by atoms with van der Waals surface area (Å²) in [7, 11) is 3.98. The van der Waals surface area contributed by atoms with Gasteiger partial charge in [-0.05, 0) is 168 Å². The van der Waals surface area contributed by atoms with E-state index in [1.807, 2.05) is 79.8 Å². The maximum atomic E-state index is 13.7. The molecule has 27 heteroatoms. The quantitative estimate of drug-likeness (QED) is 0.0438. The molecule has 12 aromatic rings. The number of ether oxygens (including phenoxy) is 3. The topological polar surface area (TPSA) is 228 Å². The lowest BCUT2D eigenvalue weighted by molar-refractivity contribution is 0.159. The first-order chi connectivity index (χ1) is 52.0. The minimum atomic E-state index is -0.712. The van der Waals surface area contributed by atoms with Crippen molar-refractivity contribution < 1.29 is 40.6 Å². The number of hydrogen-bond donors (Lipinski definition) is 1. The second kappa shape index (κ2) is 36.2. The maximum absolute atomic E-state index is 13.7. The van der Waals surface area contributed by atoms with Gasteiger partial charge in [-0.15, -0.1) is 0 Å². The van der Waals surface area contributed by atoms with Crippen LogP contribution in [0.25, 0.3) is 67.9 Å². The summed E-state index contributed by atoms with van der Waals surface area (Å²) in [6, 6.07) is 40.2. The molecule has 1 N–H and O–H groups in total. The van der Waals surface area contributed by atoms with Crippen molar-refractivity contribution in [3.05, 3.63) is 284 Å². The number of nitrogens with one attached hydrogen (secondary N) is 1. The number of piperidine rings is 1. The molecule has 2 aliphatic rings. The summed E-state index contributed by atoms with van der Waals surface area (Å²) in [6.45, 7) is 8.63. The average molecular weight is 1460 g/mol. The molecule has 0 aliphatic carbocycles. The number of hydrogen-bond acceptors (Lipinski definition) is 18. The van der Waals surface area contributed by atoms with E-state index in [1.165, 1.54) is 113 Å². The van der Waals surface area contributed by atoms with Gasteiger partial charge in [0, 0.05) is 82.9 Å². The zero-order valence-electron chi connectivity index (χ0n) is 58.6. The Labute approximate surface area is 611 Å². The predicted molar refractivity (Wildman–Crippen MR) is 392 cm³/mol. The molecule has 2 fully saturated rings. The normalized spacial score (nSPS) is 13.1. The third-order valence-electron chi connectivity index (χ3n) is 17.5. The fraction of sp³-hybridized carbons (Fsp3) is 0.250. The molecule has 107 heavy (non-hydrogen) atoms. The van der Waals surface area contributed by atoms with Gasteiger partial charge in [-0.3, -0.25) is 14.4 Å². The first-order valence-electron chi connectivity index (χ1n) is 34.8. The standard InChI is InChI=1S/2C28H27F2N5O2.C24H21F2N5O2/c1-34-9-7-19(8-10-34)18-37-25-15-31-28(32-16-25)21-4-2-3-20(11-21)17-35-27(36)6-5-26(33-35)22-12-23(29)14-24(30)13-22;29-23-14-22(15-24(30)16-23)26-7-8-27(36)35(33-26)19-20-5-3-6-21(13-20)28-31-17-25(18-32-28)37-12-4-11-34-9-1-2-10-34;1-27-7-8-33-21-13-28-24(29-14-21)17-4-2-3-16(9-17)15-31-23(32)6-5-22(30-31)18-10-19(25)12-20(26)11-18/h2-6,11-16,19H,7-10,17-18H2,1H3;3,5-8,13-18H,1-2,4,9-12,19H2;2-6,9-14,27H,7-8,15H2,1H3. The molecule has 548 valence electrons. The summed E-state index contributed by atoms with van der Waals surface area (Å²) >= 11 is 0. The molecular formula is C80H75F6N15O6. The summed E-state index contributed by atoms with van der Waals surface area (Å²) in [5, 5.41) is 15.9. The Morgan fingerprint density at radius 3 is 1.11 bits per heavy atom. The number of likely N-dealkylation sites (tertiary alicyclic amines) is 2. The third kappa shape index (κ3) is 21.4. The van der Waals surface area contributed by atoms with Crippen molar-refractivity contribution in [3.8, 4) is 85.2 Å². The van der Waals surface area contributed by atoms with E-state index in [-0.39, 0.29) is 53.0 Å². The van der Waals surface area contributed by atoms with Crippen LogP contribution in [0.4, 0.5) is 26.3 Å². The molecule has 2 saturated heterocycles. The molecule has 21 nitrogen and oxygen atoms in total. The lowest BCUT2D eigenvalue weighted by Gasteiger charge is -2.28. The molecule has 0 unspecified atom stereocenters. The second-order valence-corrected chi connectivity index (χ2v) is 25.7. The van der Waals surface area contributed by atoms with Gasteiger partial charge in [0.1, 0.15) is 41.5 Å². The van der Waals surface area contributed by atoms with Crippen LogP contribution in [-0.2, 0) is 19.6 Å². The van der Waals surface area contributed by atoms with Gasteiger partial charge in [0.05, 0.1) is 87.1 Å². The zero-order chi connectivity index (χ0) is 74.6. The van der Waals surface area contributed by atoms with E-state index in [2.05, 4.69) is 67.4 Å². The van der Waals surface area contributed by atoms with Crippen LogP contribution in [-0.4, -0.2) is 142 Å². The third-order valence-corrected chi connectivity index (χ3v) is 17.5. The van der Waals surface area contributed by atoms with E-state index in [0.717, 1.165) is 90.5 Å². The predicted octanol–water partition coefficient (Wildman–Crippen LogP) is 12.3. The van der Waals surface area contributed by atoms with Crippen LogP contribution in [0.3, 0.4) is 0 Å². The highest BCUT2D eigenvalue weighted by Gasteiger charge is 2.19. The Bertz CT molecular complexity index is 5120. The molecule has 6 aromatic carbocycles. The average Bonchev–Trinajstić information content (AvgIpc) is 1.70. The van der Waals surface area contributed by atoms with Crippen molar-refractivity contribution in [2.45, 2.75) is 51.7 Å². The smallest absolute Gasteiger partial charge is 0.267 e. The maximum Gasteiger partial charge on any atom is 0.267 e. The van der Waals surface area contributed by atoms with Crippen molar-refractivity contribution in [2.24, 2.45) is 5.92 Å². The van der Waals surface area contributed by atoms with Gasteiger partial charge in [-0.1, -0.05) is 54.6 Å². The van der Waals surface area contributed by atoms with Crippen molar-refractivity contribution in [3.63, 3.8) is 0 Å². The highest BCUT2D eigenvalue weighted by Crippen LogP contribution is 2.27. The summed E-state index contributed by atoms with van der Waals surface area (Å²) < 4.78 is 103. The second-order valence-electron chi connectivity index (χ2n) is 25.7. The largest absolute Gasteiger partial charge is 0.490 e. The van der Waals surface area contributed by atoms with Gasteiger partial charge in [0.15, 0.2) is 34.7 Å². The highest BCUT2D eigenvalue weighted by molar-refractivity contribution is 5.62. The van der Waals surface area contributed by atoms with Gasteiger partial charge < -0.3 is 29.3 Å². The number of halogens is 6. The van der Waals surface area contributed by atoms with Crippen molar-refractivity contribution >= 4 is 0 Å². The van der Waals surface area contributed by atoms with E-state index in [9.17, 15) is 40.7 Å². The Morgan fingerprint density at radius 1 is 0.411 bits per heavy atom. The summed E-state index contributed by atoms with van der Waals surface area (Å²) in [4.78, 5) is 68.5. The first-order valence-corrected chi connectivity index (χ1v) is 34.8. The van der Waals surface area contributed by atoms with Gasteiger partial charge in [-0.25, -0.2) is 70.3 Å². The van der Waals surface area contributed by atoms with Gasteiger partial charge >= 0.3 is 0 Å². The lowest BCUT2D eigenvalue weighted by Crippen LogP contribution is -2.32. The SMILES string of the molecule is CN1CCC(COc2cnc(-c3cccc(Cn4nc(-c5cc(F)cc(F)c5)ccc4=O)c3)nc2)CC1.CNCCOc1cnc(-c2cccc(Cn3nc(-c4cc(F)cc(F)c4)ccc3=O)c2)nc1.O=c1ccc(-c2cc(F)cc(F)c2)nn1Cc1cccc(-c2ncc(OCCCN3CCCC3)cn2)c1. The molecule has 0 atom stereocenters. The van der Waals surface area contributed by atoms with Gasteiger partial charge in [0.25, 0.3) is 16.7 Å². The molecule has 0 amide bonds. The van der Waals surface area contributed by atoms with Crippen LogP contribution in [0, 0.1) is 40.8 Å². The number of nitrogens with zero attached hydrogens (tertiary/aromatic N) is 14. The number of likely N-dealkylation sites (N-methyl/N-ethyl adjacent to an activating group) is 1. The monoisotopic (exact) mass is 1460 g/mol. The van der Waals surface area contributed by atoms with Crippen LogP contribution >= 0.6 is 0 Å². The van der Waals surface area contributed by atoms with E-state index in [1.54, 1.807) is 37.2 Å². The molecule has 0 bridgehead atoms. The number of rotatable bonds is 24. The molecule has 0 spiro atoms. The van der Waals surface area contributed by atoms with Gasteiger partial charge in [0.2, 0.25) is 0 Å². The molecule has 8 heterocycles. The Hall–Kier alpha value is -11.9. The highest BCUT2D eigenvalue weighted by atomic mass is 19.2. The van der Waals surface area contributed by atoms with E-state index in [4.69, 9.17) is 14.2 Å². The van der Waals surface area contributed by atoms with Crippen LogP contribution in [0.2, 0.25) is 0 Å². The van der Waals surface area contributed by atoms with E-state index < -0.39 is 34.9 Å². The molecule has 14 rings (SSSR count). The molecule has 6 aromatic heterocycles. The Balaban J connectivity index is 0.000000150. The summed E-state index contributed by atoms with van der Waals surface area (Å²) in [5.74, 6) is -0.276. The Morgan fingerprint density at radius 2 is 0.757 bits per heavy atom. The molecule has 0 saturated carbocycles. The van der Waals surface area contributed by atoms with Crippen molar-refractivity contribution in [1.82, 2.24) is 74.4 Å². The summed E-state index contributed by atoms with van der Waals surface area (Å²) in [5.41, 5.74) is 5.42. The molecule has 0 radical (unpaired) electrons. The fourth-order valence-electron chi connectivity index (χ4n) is 12.0. The van der Waals surface area contributed by atoms with Crippen molar-refractivity contribution in [2.75, 3.05) is 73.2 Å². The van der Waals surface area contributed by atoms with Crippen molar-refractivity contribution in [1.29, 1.82) is 0 Å².